The molecule has 5 nitrogen and oxygen atoms in total. The molecule has 0 aliphatic heterocycles. The summed E-state index contributed by atoms with van der Waals surface area (Å²) >= 11 is 0. The molecule has 0 aliphatic rings. The first kappa shape index (κ1) is 30.4. The molecule has 0 amide bonds. The van der Waals surface area contributed by atoms with Crippen LogP contribution in [-0.4, -0.2) is 22.2 Å². The number of aliphatic carboxylic acids is 1. The molecule has 0 saturated carbocycles. The fourth-order valence-electron chi connectivity index (χ4n) is 3.50. The highest BCUT2D eigenvalue weighted by Crippen LogP contribution is 2.23. The molecule has 41 heavy (non-hydrogen) atoms. The number of hydrogen-bond acceptors (Lipinski definition) is 4. The number of para-hydroxylation sites is 2. The molecule has 208 valence electrons. The van der Waals surface area contributed by atoms with Crippen molar-refractivity contribution in [2.24, 2.45) is 0 Å². The number of pyridine rings is 1. The maximum absolute atomic E-state index is 11.1. The van der Waals surface area contributed by atoms with Gasteiger partial charge in [-0.2, -0.15) is 0 Å². The van der Waals surface area contributed by atoms with Gasteiger partial charge in [-0.05, 0) is 55.3 Å². The van der Waals surface area contributed by atoms with Crippen molar-refractivity contribution in [1.29, 1.82) is 0 Å². The highest BCUT2D eigenvalue weighted by Gasteiger charge is 2.13. The molecule has 1 aromatic heterocycles. The highest BCUT2D eigenvalue weighted by atomic mass is 16.5. The SMILES string of the molecule is C=C/C=C\C(=C)C(=C)C.CC(Oc1ccccc1/C=C\c1ccc(OCc2ccc3ccccc3n2)cc1)C(=O)O. The molecule has 5 heteroatoms. The van der Waals surface area contributed by atoms with Crippen LogP contribution in [-0.2, 0) is 11.4 Å². The molecule has 0 bridgehead atoms. The van der Waals surface area contributed by atoms with Crippen LogP contribution in [0.1, 0.15) is 30.7 Å². The van der Waals surface area contributed by atoms with Gasteiger partial charge in [-0.15, -0.1) is 0 Å². The van der Waals surface area contributed by atoms with Crippen LogP contribution in [0.3, 0.4) is 0 Å². The van der Waals surface area contributed by atoms with Crippen molar-refractivity contribution in [2.75, 3.05) is 0 Å². The lowest BCUT2D eigenvalue weighted by Gasteiger charge is -2.12. The monoisotopic (exact) mass is 545 g/mol. The maximum Gasteiger partial charge on any atom is 0.344 e. The zero-order chi connectivity index (χ0) is 29.6. The standard InChI is InChI=1S/C27H23NO4.C9H12/c1-19(27(29)30)32-26-9-5-3-7-22(26)13-10-20-11-16-24(17-12-20)31-18-23-15-14-21-6-2-4-8-25(21)28-23;1-5-6-7-9(4)8(2)3/h2-17,19H,18H2,1H3,(H,29,30);5-7H,1-2,4H2,3H3/b13-10-;7-6-. The van der Waals surface area contributed by atoms with E-state index >= 15 is 0 Å². The van der Waals surface area contributed by atoms with Crippen LogP contribution in [0.5, 0.6) is 11.5 Å². The lowest BCUT2D eigenvalue weighted by molar-refractivity contribution is -0.144. The largest absolute Gasteiger partial charge is 0.487 e. The number of nitrogens with zero attached hydrogens (tertiary/aromatic N) is 1. The number of allylic oxidation sites excluding steroid dienone is 5. The Bertz CT molecular complexity index is 1560. The Labute approximate surface area is 242 Å². The van der Waals surface area contributed by atoms with E-state index in [0.29, 0.717) is 12.4 Å². The molecule has 0 spiro atoms. The van der Waals surface area contributed by atoms with Crippen LogP contribution in [0.2, 0.25) is 0 Å². The summed E-state index contributed by atoms with van der Waals surface area (Å²) in [4.78, 5) is 15.7. The average molecular weight is 546 g/mol. The number of carboxylic acid groups (broad SMARTS) is 1. The van der Waals surface area contributed by atoms with Gasteiger partial charge in [-0.1, -0.05) is 110 Å². The molecule has 1 N–H and O–H groups in total. The Morgan fingerprint density at radius 1 is 0.951 bits per heavy atom. The topological polar surface area (TPSA) is 68.7 Å². The van der Waals surface area contributed by atoms with Crippen molar-refractivity contribution in [3.63, 3.8) is 0 Å². The lowest BCUT2D eigenvalue weighted by atomic mass is 10.1. The summed E-state index contributed by atoms with van der Waals surface area (Å²) in [5.74, 6) is 0.288. The summed E-state index contributed by atoms with van der Waals surface area (Å²) < 4.78 is 11.4. The number of carboxylic acids is 1. The van der Waals surface area contributed by atoms with Crippen LogP contribution in [0, 0.1) is 0 Å². The minimum atomic E-state index is -1.00. The number of fused-ring (bicyclic) bond motifs is 1. The first-order chi connectivity index (χ1) is 19.8. The van der Waals surface area contributed by atoms with Gasteiger partial charge in [0.15, 0.2) is 6.10 Å². The van der Waals surface area contributed by atoms with Crippen LogP contribution in [0.4, 0.5) is 0 Å². The summed E-state index contributed by atoms with van der Waals surface area (Å²) in [7, 11) is 0. The summed E-state index contributed by atoms with van der Waals surface area (Å²) in [6, 6.07) is 27.1. The van der Waals surface area contributed by atoms with Gasteiger partial charge in [-0.25, -0.2) is 9.78 Å². The molecule has 1 atom stereocenters. The fourth-order valence-corrected chi connectivity index (χ4v) is 3.50. The lowest BCUT2D eigenvalue weighted by Crippen LogP contribution is -2.23. The second-order valence-electron chi connectivity index (χ2n) is 9.22. The van der Waals surface area contributed by atoms with Gasteiger partial charge in [0.2, 0.25) is 0 Å². The quantitative estimate of drug-likeness (QED) is 0.151. The molecule has 1 unspecified atom stereocenters. The molecule has 3 aromatic carbocycles. The van der Waals surface area contributed by atoms with E-state index in [2.05, 4.69) is 24.7 Å². The number of carbonyl (C=O) groups is 1. The molecule has 4 aromatic rings. The van der Waals surface area contributed by atoms with E-state index in [-0.39, 0.29) is 0 Å². The minimum Gasteiger partial charge on any atom is -0.487 e. The minimum absolute atomic E-state index is 0.395. The zero-order valence-electron chi connectivity index (χ0n) is 23.5. The third kappa shape index (κ3) is 9.83. The third-order valence-corrected chi connectivity index (χ3v) is 5.93. The van der Waals surface area contributed by atoms with Crippen molar-refractivity contribution < 1.29 is 19.4 Å². The van der Waals surface area contributed by atoms with Crippen molar-refractivity contribution >= 4 is 29.0 Å². The normalized spacial score (nSPS) is 11.5. The average Bonchev–Trinajstić information content (AvgIpc) is 2.99. The van der Waals surface area contributed by atoms with Crippen molar-refractivity contribution in [3.8, 4) is 11.5 Å². The first-order valence-electron chi connectivity index (χ1n) is 13.1. The molecule has 4 rings (SSSR count). The second kappa shape index (κ2) is 15.4. The van der Waals surface area contributed by atoms with Gasteiger partial charge in [0, 0.05) is 10.9 Å². The van der Waals surface area contributed by atoms with Crippen LogP contribution < -0.4 is 9.47 Å². The van der Waals surface area contributed by atoms with Gasteiger partial charge >= 0.3 is 5.97 Å². The van der Waals surface area contributed by atoms with Crippen LogP contribution in [0.25, 0.3) is 23.1 Å². The second-order valence-corrected chi connectivity index (χ2v) is 9.22. The van der Waals surface area contributed by atoms with Crippen molar-refractivity contribution in [1.82, 2.24) is 4.98 Å². The Kier molecular flexibility index (Phi) is 11.4. The van der Waals surface area contributed by atoms with E-state index in [1.54, 1.807) is 12.1 Å². The van der Waals surface area contributed by atoms with E-state index in [9.17, 15) is 4.79 Å². The summed E-state index contributed by atoms with van der Waals surface area (Å²) in [6.07, 6.45) is 8.37. The smallest absolute Gasteiger partial charge is 0.344 e. The van der Waals surface area contributed by atoms with Gasteiger partial charge in [0.05, 0.1) is 11.2 Å². The van der Waals surface area contributed by atoms with Crippen molar-refractivity contribution in [3.05, 3.63) is 151 Å². The Balaban J connectivity index is 0.000000445. The van der Waals surface area contributed by atoms with Gasteiger partial charge in [-0.3, -0.25) is 0 Å². The molecule has 0 aliphatic carbocycles. The number of aromatic nitrogens is 1. The highest BCUT2D eigenvalue weighted by molar-refractivity contribution is 5.78. The predicted octanol–water partition coefficient (Wildman–Crippen LogP) is 8.70. The Morgan fingerprint density at radius 2 is 1.66 bits per heavy atom. The van der Waals surface area contributed by atoms with Gasteiger partial charge in [0.25, 0.3) is 0 Å². The first-order valence-corrected chi connectivity index (χ1v) is 13.1. The zero-order valence-corrected chi connectivity index (χ0v) is 23.5. The molecule has 1 heterocycles. The van der Waals surface area contributed by atoms with Crippen molar-refractivity contribution in [2.45, 2.75) is 26.6 Å². The molecule has 0 radical (unpaired) electrons. The van der Waals surface area contributed by atoms with E-state index in [1.165, 1.54) is 6.92 Å². The summed E-state index contributed by atoms with van der Waals surface area (Å²) in [6.45, 7) is 14.8. The fraction of sp³-hybridized carbons (Fsp3) is 0.111. The van der Waals surface area contributed by atoms with Gasteiger partial charge in [0.1, 0.15) is 18.1 Å². The van der Waals surface area contributed by atoms with Crippen LogP contribution in [0.15, 0.2) is 134 Å². The van der Waals surface area contributed by atoms with E-state index in [1.807, 2.05) is 110 Å². The number of hydrogen-bond donors (Lipinski definition) is 1. The van der Waals surface area contributed by atoms with E-state index in [4.69, 9.17) is 14.6 Å². The summed E-state index contributed by atoms with van der Waals surface area (Å²) in [5, 5.41) is 10.2. The summed E-state index contributed by atoms with van der Waals surface area (Å²) in [5.41, 5.74) is 5.57. The number of rotatable bonds is 11. The van der Waals surface area contributed by atoms with E-state index < -0.39 is 12.1 Å². The van der Waals surface area contributed by atoms with Crippen LogP contribution >= 0.6 is 0 Å². The number of benzene rings is 3. The molecule has 0 fully saturated rings. The van der Waals surface area contributed by atoms with Gasteiger partial charge < -0.3 is 14.6 Å². The third-order valence-electron chi connectivity index (χ3n) is 5.93. The Hall–Kier alpha value is -5.16. The maximum atomic E-state index is 11.1. The number of ether oxygens (including phenoxy) is 2. The Morgan fingerprint density at radius 3 is 2.37 bits per heavy atom. The molecule has 0 saturated heterocycles. The molecular formula is C36H35NO4. The molecular weight excluding hydrogens is 510 g/mol. The predicted molar refractivity (Wildman–Crippen MR) is 169 cm³/mol. The van der Waals surface area contributed by atoms with E-state index in [0.717, 1.165) is 44.6 Å².